The van der Waals surface area contributed by atoms with Crippen LogP contribution in [0, 0.1) is 0 Å². The quantitative estimate of drug-likeness (QED) is 0.780. The van der Waals surface area contributed by atoms with Crippen LogP contribution < -0.4 is 10.6 Å². The van der Waals surface area contributed by atoms with Gasteiger partial charge in [-0.25, -0.2) is 9.59 Å². The molecule has 0 aliphatic carbocycles. The minimum Gasteiger partial charge on any atom is -0.480 e. The Labute approximate surface area is 128 Å². The van der Waals surface area contributed by atoms with E-state index in [1.807, 2.05) is 6.07 Å². The fourth-order valence-electron chi connectivity index (χ4n) is 2.48. The molecule has 7 nitrogen and oxygen atoms in total. The van der Waals surface area contributed by atoms with E-state index in [0.717, 1.165) is 0 Å². The molecular formula is C15H19N3O4. The van der Waals surface area contributed by atoms with Crippen LogP contribution in [0.15, 0.2) is 30.3 Å². The molecule has 22 heavy (non-hydrogen) atoms. The highest BCUT2D eigenvalue weighted by molar-refractivity contribution is 5.94. The largest absolute Gasteiger partial charge is 0.480 e. The Kier molecular flexibility index (Phi) is 4.98. The highest BCUT2D eigenvalue weighted by Crippen LogP contribution is 2.18. The first-order chi connectivity index (χ1) is 10.5. The minimum absolute atomic E-state index is 0.381. The highest BCUT2D eigenvalue weighted by atomic mass is 16.4. The van der Waals surface area contributed by atoms with Gasteiger partial charge in [-0.05, 0) is 31.9 Å². The van der Waals surface area contributed by atoms with E-state index in [2.05, 4.69) is 10.6 Å². The summed E-state index contributed by atoms with van der Waals surface area (Å²) in [5.74, 6) is -1.39. The van der Waals surface area contributed by atoms with Crippen LogP contribution >= 0.6 is 0 Å². The van der Waals surface area contributed by atoms with Gasteiger partial charge in [-0.15, -0.1) is 0 Å². The van der Waals surface area contributed by atoms with Gasteiger partial charge in [0.25, 0.3) is 0 Å². The number of para-hydroxylation sites is 1. The lowest BCUT2D eigenvalue weighted by atomic mass is 10.2. The highest BCUT2D eigenvalue weighted by Gasteiger charge is 2.36. The maximum atomic E-state index is 12.3. The number of anilines is 1. The lowest BCUT2D eigenvalue weighted by Gasteiger charge is -2.25. The van der Waals surface area contributed by atoms with Gasteiger partial charge in [0, 0.05) is 12.2 Å². The second kappa shape index (κ2) is 6.93. The van der Waals surface area contributed by atoms with E-state index in [1.54, 1.807) is 31.2 Å². The second-order valence-corrected chi connectivity index (χ2v) is 5.21. The van der Waals surface area contributed by atoms with Gasteiger partial charge < -0.3 is 20.6 Å². The summed E-state index contributed by atoms with van der Waals surface area (Å²) in [5.41, 5.74) is 0.615. The van der Waals surface area contributed by atoms with Crippen molar-refractivity contribution in [2.45, 2.75) is 31.8 Å². The number of hydrogen-bond acceptors (Lipinski definition) is 3. The molecule has 3 N–H and O–H groups in total. The normalized spacial score (nSPS) is 18.6. The van der Waals surface area contributed by atoms with Crippen LogP contribution in [0.4, 0.5) is 10.5 Å². The summed E-state index contributed by atoms with van der Waals surface area (Å²) in [4.78, 5) is 36.5. The van der Waals surface area contributed by atoms with Crippen LogP contribution in [0.3, 0.4) is 0 Å². The molecule has 0 spiro atoms. The molecule has 7 heteroatoms. The summed E-state index contributed by atoms with van der Waals surface area (Å²) in [6.07, 6.45) is 1.11. The van der Waals surface area contributed by atoms with Crippen molar-refractivity contribution in [2.75, 3.05) is 11.9 Å². The van der Waals surface area contributed by atoms with Crippen LogP contribution in [-0.2, 0) is 9.59 Å². The number of hydrogen-bond donors (Lipinski definition) is 3. The van der Waals surface area contributed by atoms with E-state index in [-0.39, 0.29) is 5.91 Å². The molecule has 1 fully saturated rings. The Bertz CT molecular complexity index is 561. The van der Waals surface area contributed by atoms with Gasteiger partial charge >= 0.3 is 12.0 Å². The number of carbonyl (C=O) groups is 3. The number of nitrogens with zero attached hydrogens (tertiary/aromatic N) is 1. The van der Waals surface area contributed by atoms with Crippen molar-refractivity contribution in [1.29, 1.82) is 0 Å². The maximum Gasteiger partial charge on any atom is 0.326 e. The predicted octanol–water partition coefficient (Wildman–Crippen LogP) is 1.27. The summed E-state index contributed by atoms with van der Waals surface area (Å²) >= 11 is 0. The minimum atomic E-state index is -1.01. The molecule has 1 heterocycles. The first-order valence-corrected chi connectivity index (χ1v) is 7.15. The van der Waals surface area contributed by atoms with Gasteiger partial charge in [-0.1, -0.05) is 18.2 Å². The maximum absolute atomic E-state index is 12.3. The first-order valence-electron chi connectivity index (χ1n) is 7.15. The zero-order valence-electron chi connectivity index (χ0n) is 12.3. The Morgan fingerprint density at radius 2 is 1.95 bits per heavy atom. The summed E-state index contributed by atoms with van der Waals surface area (Å²) < 4.78 is 0. The molecule has 1 aromatic carbocycles. The molecule has 1 aliphatic heterocycles. The van der Waals surface area contributed by atoms with Gasteiger partial charge in [0.15, 0.2) is 0 Å². The summed E-state index contributed by atoms with van der Waals surface area (Å²) in [7, 11) is 0. The summed E-state index contributed by atoms with van der Waals surface area (Å²) in [6, 6.07) is 6.77. The molecule has 2 atom stereocenters. The van der Waals surface area contributed by atoms with Crippen LogP contribution in [0.1, 0.15) is 19.8 Å². The van der Waals surface area contributed by atoms with Gasteiger partial charge in [0.05, 0.1) is 0 Å². The number of aliphatic carboxylic acids is 1. The monoisotopic (exact) mass is 305 g/mol. The molecular weight excluding hydrogens is 286 g/mol. The van der Waals surface area contributed by atoms with Crippen molar-refractivity contribution < 1.29 is 19.5 Å². The van der Waals surface area contributed by atoms with Crippen molar-refractivity contribution in [1.82, 2.24) is 10.2 Å². The molecule has 3 amide bonds. The standard InChI is InChI=1S/C15H19N3O4/c1-10(13(19)18-9-5-8-12(18)14(20)21)16-15(22)17-11-6-3-2-4-7-11/h2-4,6-7,10,12H,5,8-9H2,1H3,(H,20,21)(H2,16,17,22)/t10?,12-/m1/s1. The predicted molar refractivity (Wildman–Crippen MR) is 80.4 cm³/mol. The number of carbonyl (C=O) groups excluding carboxylic acids is 2. The van der Waals surface area contributed by atoms with Crippen molar-refractivity contribution in [3.8, 4) is 0 Å². The summed E-state index contributed by atoms with van der Waals surface area (Å²) in [5, 5.41) is 14.2. The Morgan fingerprint density at radius 1 is 1.27 bits per heavy atom. The number of carboxylic acids is 1. The molecule has 118 valence electrons. The number of likely N-dealkylation sites (tertiary alicyclic amines) is 1. The lowest BCUT2D eigenvalue weighted by molar-refractivity contribution is -0.148. The topological polar surface area (TPSA) is 98.7 Å². The fourth-order valence-corrected chi connectivity index (χ4v) is 2.48. The van der Waals surface area contributed by atoms with Crippen molar-refractivity contribution >= 4 is 23.6 Å². The number of carboxylic acid groups (broad SMARTS) is 1. The van der Waals surface area contributed by atoms with Crippen LogP contribution in [0.2, 0.25) is 0 Å². The van der Waals surface area contributed by atoms with Crippen molar-refractivity contribution in [3.63, 3.8) is 0 Å². The Balaban J connectivity index is 1.91. The van der Waals surface area contributed by atoms with E-state index in [0.29, 0.717) is 25.1 Å². The third-order valence-corrected chi connectivity index (χ3v) is 3.57. The van der Waals surface area contributed by atoms with Crippen LogP contribution in [-0.4, -0.2) is 46.5 Å². The number of nitrogens with one attached hydrogen (secondary N) is 2. The molecule has 1 saturated heterocycles. The second-order valence-electron chi connectivity index (χ2n) is 5.21. The van der Waals surface area contributed by atoms with Crippen molar-refractivity contribution in [2.24, 2.45) is 0 Å². The average Bonchev–Trinajstić information content (AvgIpc) is 2.96. The van der Waals surface area contributed by atoms with E-state index < -0.39 is 24.1 Å². The lowest BCUT2D eigenvalue weighted by Crippen LogP contribution is -2.51. The van der Waals surface area contributed by atoms with E-state index >= 15 is 0 Å². The molecule has 0 aromatic heterocycles. The number of amides is 3. The third-order valence-electron chi connectivity index (χ3n) is 3.57. The summed E-state index contributed by atoms with van der Waals surface area (Å²) in [6.45, 7) is 1.95. The SMILES string of the molecule is CC(NC(=O)Nc1ccccc1)C(=O)N1CCC[C@@H]1C(=O)O. The molecule has 0 saturated carbocycles. The van der Waals surface area contributed by atoms with E-state index in [4.69, 9.17) is 5.11 Å². The first kappa shape index (κ1) is 15.8. The Hall–Kier alpha value is -2.57. The molecule has 1 aromatic rings. The zero-order chi connectivity index (χ0) is 16.1. The fraction of sp³-hybridized carbons (Fsp3) is 0.400. The molecule has 0 radical (unpaired) electrons. The van der Waals surface area contributed by atoms with Crippen LogP contribution in [0.25, 0.3) is 0 Å². The zero-order valence-corrected chi connectivity index (χ0v) is 12.3. The van der Waals surface area contributed by atoms with Crippen LogP contribution in [0.5, 0.6) is 0 Å². The van der Waals surface area contributed by atoms with E-state index in [1.165, 1.54) is 4.90 Å². The van der Waals surface area contributed by atoms with Gasteiger partial charge in [-0.3, -0.25) is 4.79 Å². The average molecular weight is 305 g/mol. The van der Waals surface area contributed by atoms with Gasteiger partial charge in [0.1, 0.15) is 12.1 Å². The smallest absolute Gasteiger partial charge is 0.326 e. The van der Waals surface area contributed by atoms with Crippen molar-refractivity contribution in [3.05, 3.63) is 30.3 Å². The number of benzene rings is 1. The van der Waals surface area contributed by atoms with Gasteiger partial charge in [-0.2, -0.15) is 0 Å². The molecule has 1 unspecified atom stereocenters. The Morgan fingerprint density at radius 3 is 2.59 bits per heavy atom. The third kappa shape index (κ3) is 3.75. The number of urea groups is 1. The molecule has 1 aliphatic rings. The van der Waals surface area contributed by atoms with Gasteiger partial charge in [0.2, 0.25) is 5.91 Å². The number of rotatable bonds is 4. The van der Waals surface area contributed by atoms with E-state index in [9.17, 15) is 14.4 Å². The molecule has 2 rings (SSSR count). The molecule has 0 bridgehead atoms.